The largest absolute Gasteiger partial charge is 0.497 e. The SMILES string of the molecule is COc1cccc(NS(=O)(=O)NC(=O)[C@@]23C[C@H]2/C=C\CCCCC[C@H](NC(=O)OC(C)(C)C)C(=O)N2CCC[C@H]2C(=O)N3)c1. The van der Waals surface area contributed by atoms with Crippen LogP contribution in [-0.2, 0) is 29.3 Å². The highest BCUT2D eigenvalue weighted by atomic mass is 32.2. The van der Waals surface area contributed by atoms with E-state index in [4.69, 9.17) is 9.47 Å². The van der Waals surface area contributed by atoms with Gasteiger partial charge in [0.05, 0.1) is 12.8 Å². The number of carbonyl (C=O) groups excluding carboxylic acids is 4. The molecule has 2 heterocycles. The van der Waals surface area contributed by atoms with E-state index in [-0.39, 0.29) is 12.1 Å². The standard InChI is InChI=1S/C30H43N5O8S/c1-29(2,3)43-28(39)31-23-15-9-7-5-6-8-12-20-19-30(20,32-25(36)24-16-11-17-35(24)26(23)37)27(38)34-44(40,41)33-21-13-10-14-22(18-21)42-4/h8,10,12-14,18,20,23-24,33H,5-7,9,11,15-17,19H2,1-4H3,(H,31,39)(H,32,36)(H,34,38)/b12-8-/t20-,23+,24+,30-/m1/s1. The van der Waals surface area contributed by atoms with E-state index in [1.54, 1.807) is 32.9 Å². The molecular weight excluding hydrogens is 590 g/mol. The maximum Gasteiger partial charge on any atom is 0.408 e. The molecule has 0 bridgehead atoms. The Labute approximate surface area is 258 Å². The second-order valence-corrected chi connectivity index (χ2v) is 13.9. The van der Waals surface area contributed by atoms with E-state index in [1.165, 1.54) is 24.1 Å². The molecule has 4 atom stereocenters. The molecule has 13 nitrogen and oxygen atoms in total. The summed E-state index contributed by atoms with van der Waals surface area (Å²) in [5, 5.41) is 5.50. The average molecular weight is 634 g/mol. The molecule has 44 heavy (non-hydrogen) atoms. The first kappa shape index (κ1) is 33.1. The number of nitrogens with zero attached hydrogens (tertiary/aromatic N) is 1. The Morgan fingerprint density at radius 1 is 1.09 bits per heavy atom. The van der Waals surface area contributed by atoms with Crippen LogP contribution in [0.4, 0.5) is 10.5 Å². The first-order valence-electron chi connectivity index (χ1n) is 15.0. The van der Waals surface area contributed by atoms with Gasteiger partial charge >= 0.3 is 16.3 Å². The highest BCUT2D eigenvalue weighted by molar-refractivity contribution is 7.91. The van der Waals surface area contributed by atoms with Gasteiger partial charge in [-0.2, -0.15) is 8.42 Å². The highest BCUT2D eigenvalue weighted by Crippen LogP contribution is 2.45. The molecule has 4 amide bonds. The van der Waals surface area contributed by atoms with Gasteiger partial charge in [0, 0.05) is 18.5 Å². The van der Waals surface area contributed by atoms with Crippen molar-refractivity contribution < 1.29 is 37.1 Å². The van der Waals surface area contributed by atoms with E-state index in [2.05, 4.69) is 20.1 Å². The van der Waals surface area contributed by atoms with E-state index < -0.39 is 63.2 Å². The number of alkyl carbamates (subject to hydrolysis) is 1. The monoisotopic (exact) mass is 633 g/mol. The fourth-order valence-corrected chi connectivity index (χ4v) is 6.54. The first-order chi connectivity index (χ1) is 20.7. The number of ether oxygens (including phenoxy) is 2. The van der Waals surface area contributed by atoms with E-state index in [9.17, 15) is 27.6 Å². The lowest BCUT2D eigenvalue weighted by Crippen LogP contribution is -2.58. The average Bonchev–Trinajstić information content (AvgIpc) is 3.39. The van der Waals surface area contributed by atoms with Gasteiger partial charge in [-0.3, -0.25) is 19.1 Å². The molecule has 1 saturated carbocycles. The number of amides is 4. The number of allylic oxidation sites excluding steroid dienone is 1. The molecule has 0 radical (unpaired) electrons. The summed E-state index contributed by atoms with van der Waals surface area (Å²) >= 11 is 0. The van der Waals surface area contributed by atoms with Crippen molar-refractivity contribution in [3.8, 4) is 5.75 Å². The summed E-state index contributed by atoms with van der Waals surface area (Å²) in [6.45, 7) is 5.51. The number of nitrogens with one attached hydrogen (secondary N) is 4. The van der Waals surface area contributed by atoms with Crippen molar-refractivity contribution in [2.45, 2.75) is 95.4 Å². The third kappa shape index (κ3) is 8.42. The minimum Gasteiger partial charge on any atom is -0.497 e. The van der Waals surface area contributed by atoms with Gasteiger partial charge in [-0.05, 0) is 71.4 Å². The third-order valence-electron chi connectivity index (χ3n) is 7.87. The Balaban J connectivity index is 1.53. The first-order valence-corrected chi connectivity index (χ1v) is 16.5. The molecule has 2 fully saturated rings. The Morgan fingerprint density at radius 2 is 1.86 bits per heavy atom. The van der Waals surface area contributed by atoms with Crippen molar-refractivity contribution in [3.05, 3.63) is 36.4 Å². The van der Waals surface area contributed by atoms with Crippen LogP contribution in [0.15, 0.2) is 36.4 Å². The lowest BCUT2D eigenvalue weighted by Gasteiger charge is -2.30. The molecule has 1 saturated heterocycles. The molecule has 4 rings (SSSR count). The number of anilines is 1. The number of methoxy groups -OCH3 is 1. The molecule has 242 valence electrons. The Kier molecular flexibility index (Phi) is 10.1. The summed E-state index contributed by atoms with van der Waals surface area (Å²) in [5.41, 5.74) is -2.06. The molecule has 1 aromatic carbocycles. The molecule has 2 aliphatic heterocycles. The number of benzene rings is 1. The predicted octanol–water partition coefficient (Wildman–Crippen LogP) is 2.75. The molecule has 0 spiro atoms. The summed E-state index contributed by atoms with van der Waals surface area (Å²) in [6.07, 6.45) is 7.57. The van der Waals surface area contributed by atoms with E-state index in [1.807, 2.05) is 12.2 Å². The van der Waals surface area contributed by atoms with Gasteiger partial charge in [0.25, 0.3) is 5.91 Å². The van der Waals surface area contributed by atoms with Gasteiger partial charge in [-0.1, -0.05) is 31.1 Å². The maximum absolute atomic E-state index is 13.7. The molecule has 3 aliphatic rings. The van der Waals surface area contributed by atoms with Crippen LogP contribution < -0.4 is 24.8 Å². The molecule has 1 aromatic rings. The Bertz CT molecular complexity index is 1390. The van der Waals surface area contributed by atoms with Crippen LogP contribution >= 0.6 is 0 Å². The number of fused-ring (bicyclic) bond motifs is 2. The maximum atomic E-state index is 13.7. The summed E-state index contributed by atoms with van der Waals surface area (Å²) in [5.74, 6) is -1.81. The van der Waals surface area contributed by atoms with Crippen LogP contribution in [0.25, 0.3) is 0 Å². The molecule has 0 aromatic heterocycles. The zero-order valence-electron chi connectivity index (χ0n) is 25.7. The fourth-order valence-electron chi connectivity index (χ4n) is 5.62. The van der Waals surface area contributed by atoms with Gasteiger partial charge in [-0.25, -0.2) is 9.52 Å². The lowest BCUT2D eigenvalue weighted by atomic mass is 10.0. The predicted molar refractivity (Wildman–Crippen MR) is 163 cm³/mol. The van der Waals surface area contributed by atoms with Gasteiger partial charge in [-0.15, -0.1) is 0 Å². The molecule has 0 unspecified atom stereocenters. The van der Waals surface area contributed by atoms with Crippen molar-refractivity contribution in [3.63, 3.8) is 0 Å². The smallest absolute Gasteiger partial charge is 0.408 e. The van der Waals surface area contributed by atoms with Gasteiger partial charge < -0.3 is 25.0 Å². The summed E-state index contributed by atoms with van der Waals surface area (Å²) in [7, 11) is -2.91. The van der Waals surface area contributed by atoms with Crippen molar-refractivity contribution in [1.82, 2.24) is 20.3 Å². The molecule has 1 aliphatic carbocycles. The second-order valence-electron chi connectivity index (χ2n) is 12.5. The summed E-state index contributed by atoms with van der Waals surface area (Å²) in [4.78, 5) is 54.9. The number of hydrogen-bond donors (Lipinski definition) is 4. The van der Waals surface area contributed by atoms with Crippen LogP contribution in [0.2, 0.25) is 0 Å². The van der Waals surface area contributed by atoms with Crippen LogP contribution in [0, 0.1) is 5.92 Å². The second kappa shape index (κ2) is 13.4. The normalized spacial score (nSPS) is 26.9. The van der Waals surface area contributed by atoms with Crippen molar-refractivity contribution in [1.29, 1.82) is 0 Å². The molecule has 4 N–H and O–H groups in total. The zero-order chi connectivity index (χ0) is 32.1. The Hall–Kier alpha value is -3.81. The van der Waals surface area contributed by atoms with E-state index in [0.717, 1.165) is 12.8 Å². The minimum absolute atomic E-state index is 0.190. The number of carbonyl (C=O) groups is 4. The topological polar surface area (TPSA) is 172 Å². The number of hydrogen-bond acceptors (Lipinski definition) is 8. The van der Waals surface area contributed by atoms with Crippen molar-refractivity contribution in [2.24, 2.45) is 5.92 Å². The van der Waals surface area contributed by atoms with Crippen LogP contribution in [0.1, 0.15) is 72.1 Å². The minimum atomic E-state index is -4.36. The quantitative estimate of drug-likeness (QED) is 0.346. The number of rotatable bonds is 6. The summed E-state index contributed by atoms with van der Waals surface area (Å²) in [6, 6.07) is 4.47. The highest BCUT2D eigenvalue weighted by Gasteiger charge is 2.61. The third-order valence-corrected chi connectivity index (χ3v) is 8.83. The van der Waals surface area contributed by atoms with Crippen molar-refractivity contribution >= 4 is 39.7 Å². The lowest BCUT2D eigenvalue weighted by molar-refractivity contribution is -0.141. The van der Waals surface area contributed by atoms with Crippen LogP contribution in [0.3, 0.4) is 0 Å². The molecular formula is C30H43N5O8S. The molecule has 14 heteroatoms. The van der Waals surface area contributed by atoms with Gasteiger partial charge in [0.2, 0.25) is 11.8 Å². The fraction of sp³-hybridized carbons (Fsp3) is 0.600. The van der Waals surface area contributed by atoms with Crippen LogP contribution in [-0.4, -0.2) is 74.0 Å². The van der Waals surface area contributed by atoms with Gasteiger partial charge in [0.1, 0.15) is 29.0 Å². The van der Waals surface area contributed by atoms with Crippen molar-refractivity contribution in [2.75, 3.05) is 18.4 Å². The summed E-state index contributed by atoms with van der Waals surface area (Å²) < 4.78 is 40.7. The Morgan fingerprint density at radius 3 is 2.59 bits per heavy atom. The van der Waals surface area contributed by atoms with E-state index >= 15 is 0 Å². The van der Waals surface area contributed by atoms with Gasteiger partial charge in [0.15, 0.2) is 0 Å². The van der Waals surface area contributed by atoms with Crippen LogP contribution in [0.5, 0.6) is 5.75 Å². The zero-order valence-corrected chi connectivity index (χ0v) is 26.5. The van der Waals surface area contributed by atoms with E-state index in [0.29, 0.717) is 44.4 Å².